The van der Waals surface area contributed by atoms with Crippen LogP contribution in [0, 0.1) is 5.41 Å². The van der Waals surface area contributed by atoms with Crippen LogP contribution in [0.3, 0.4) is 0 Å². The predicted molar refractivity (Wildman–Crippen MR) is 77.6 cm³/mol. The Bertz CT molecular complexity index is 529. The lowest BCUT2D eigenvalue weighted by Crippen LogP contribution is -2.28. The number of rotatable bonds is 4. The van der Waals surface area contributed by atoms with Crippen LogP contribution in [0.5, 0.6) is 11.5 Å². The van der Waals surface area contributed by atoms with Gasteiger partial charge < -0.3 is 14.8 Å². The number of carbonyl (C=O) groups excluding carboxylic acids is 2. The SMILES string of the molecule is COc1ccc(NC(=O)C(C)(C)C)c(C(C)=O)c1OC. The Morgan fingerprint density at radius 1 is 1.10 bits per heavy atom. The number of ether oxygens (including phenoxy) is 2. The molecule has 0 heterocycles. The third kappa shape index (κ3) is 3.29. The summed E-state index contributed by atoms with van der Waals surface area (Å²) >= 11 is 0. The molecule has 0 aromatic heterocycles. The number of hydrogen-bond donors (Lipinski definition) is 1. The van der Waals surface area contributed by atoms with Crippen molar-refractivity contribution in [3.05, 3.63) is 17.7 Å². The lowest BCUT2D eigenvalue weighted by Gasteiger charge is -2.20. The number of hydrogen-bond acceptors (Lipinski definition) is 4. The van der Waals surface area contributed by atoms with Crippen molar-refractivity contribution >= 4 is 17.4 Å². The number of carbonyl (C=O) groups is 2. The molecule has 0 radical (unpaired) electrons. The Hall–Kier alpha value is -2.04. The van der Waals surface area contributed by atoms with Gasteiger partial charge in [0, 0.05) is 5.41 Å². The van der Waals surface area contributed by atoms with Gasteiger partial charge in [-0.1, -0.05) is 20.8 Å². The summed E-state index contributed by atoms with van der Waals surface area (Å²) in [5.74, 6) is 0.398. The Kier molecular flexibility index (Phi) is 4.76. The van der Waals surface area contributed by atoms with E-state index in [0.717, 1.165) is 0 Å². The second-order valence-corrected chi connectivity index (χ2v) is 5.48. The van der Waals surface area contributed by atoms with E-state index in [4.69, 9.17) is 9.47 Å². The van der Waals surface area contributed by atoms with E-state index in [1.165, 1.54) is 21.1 Å². The molecule has 1 rings (SSSR count). The van der Waals surface area contributed by atoms with Gasteiger partial charge in [-0.3, -0.25) is 9.59 Å². The summed E-state index contributed by atoms with van der Waals surface area (Å²) in [6, 6.07) is 3.30. The molecule has 1 aromatic rings. The van der Waals surface area contributed by atoms with Crippen LogP contribution in [-0.2, 0) is 4.79 Å². The van der Waals surface area contributed by atoms with Gasteiger partial charge in [0.25, 0.3) is 0 Å². The van der Waals surface area contributed by atoms with Crippen LogP contribution in [0.15, 0.2) is 12.1 Å². The normalized spacial score (nSPS) is 10.9. The number of amides is 1. The lowest BCUT2D eigenvalue weighted by atomic mass is 9.95. The van der Waals surface area contributed by atoms with Crippen molar-refractivity contribution in [1.82, 2.24) is 0 Å². The molecule has 0 bridgehead atoms. The Labute approximate surface area is 119 Å². The molecule has 0 unspecified atom stereocenters. The quantitative estimate of drug-likeness (QED) is 0.861. The summed E-state index contributed by atoms with van der Waals surface area (Å²) < 4.78 is 10.4. The first-order valence-electron chi connectivity index (χ1n) is 6.29. The second kappa shape index (κ2) is 5.94. The first-order chi connectivity index (χ1) is 9.22. The molecule has 0 aliphatic rings. The highest BCUT2D eigenvalue weighted by Crippen LogP contribution is 2.36. The maximum Gasteiger partial charge on any atom is 0.229 e. The standard InChI is InChI=1S/C15H21NO4/c1-9(17)12-10(16-14(18)15(2,3)4)7-8-11(19-5)13(12)20-6/h7-8H,1-6H3,(H,16,18). The van der Waals surface area contributed by atoms with Gasteiger partial charge in [-0.25, -0.2) is 0 Å². The smallest absolute Gasteiger partial charge is 0.229 e. The molecule has 0 saturated carbocycles. The molecule has 0 atom stereocenters. The number of ketones is 1. The lowest BCUT2D eigenvalue weighted by molar-refractivity contribution is -0.123. The van der Waals surface area contributed by atoms with E-state index in [-0.39, 0.29) is 11.7 Å². The molecule has 5 heteroatoms. The molecule has 1 amide bonds. The summed E-state index contributed by atoms with van der Waals surface area (Å²) in [6.45, 7) is 6.83. The molecule has 1 N–H and O–H groups in total. The molecular formula is C15H21NO4. The molecule has 110 valence electrons. The van der Waals surface area contributed by atoms with Crippen molar-refractivity contribution in [2.45, 2.75) is 27.7 Å². The maximum atomic E-state index is 12.1. The van der Waals surface area contributed by atoms with E-state index in [2.05, 4.69) is 5.32 Å². The molecule has 0 aliphatic heterocycles. The molecular weight excluding hydrogens is 258 g/mol. The van der Waals surface area contributed by atoms with Crippen LogP contribution in [0.1, 0.15) is 38.1 Å². The van der Waals surface area contributed by atoms with Gasteiger partial charge in [0.1, 0.15) is 0 Å². The Balaban J connectivity index is 3.34. The average Bonchev–Trinajstić information content (AvgIpc) is 2.36. The summed E-state index contributed by atoms with van der Waals surface area (Å²) in [6.07, 6.45) is 0. The van der Waals surface area contributed by atoms with Crippen LogP contribution >= 0.6 is 0 Å². The van der Waals surface area contributed by atoms with Gasteiger partial charge in [-0.05, 0) is 19.1 Å². The number of benzene rings is 1. The van der Waals surface area contributed by atoms with Crippen molar-refractivity contribution in [3.63, 3.8) is 0 Å². The van der Waals surface area contributed by atoms with Crippen LogP contribution in [0.4, 0.5) is 5.69 Å². The first-order valence-corrected chi connectivity index (χ1v) is 6.29. The molecule has 1 aromatic carbocycles. The molecule has 0 aliphatic carbocycles. The number of Topliss-reactive ketones (excluding diaryl/α,β-unsaturated/α-hetero) is 1. The van der Waals surface area contributed by atoms with E-state index < -0.39 is 5.41 Å². The largest absolute Gasteiger partial charge is 0.493 e. The van der Waals surface area contributed by atoms with Crippen LogP contribution in [-0.4, -0.2) is 25.9 Å². The van der Waals surface area contributed by atoms with Gasteiger partial charge in [0.15, 0.2) is 17.3 Å². The maximum absolute atomic E-state index is 12.1. The summed E-state index contributed by atoms with van der Waals surface area (Å²) in [7, 11) is 2.95. The number of anilines is 1. The van der Waals surface area contributed by atoms with Gasteiger partial charge in [-0.15, -0.1) is 0 Å². The minimum atomic E-state index is -0.554. The Morgan fingerprint density at radius 3 is 2.10 bits per heavy atom. The van der Waals surface area contributed by atoms with Gasteiger partial charge in [0.05, 0.1) is 25.5 Å². The van der Waals surface area contributed by atoms with Gasteiger partial charge in [-0.2, -0.15) is 0 Å². The van der Waals surface area contributed by atoms with Crippen molar-refractivity contribution in [1.29, 1.82) is 0 Å². The molecule has 0 saturated heterocycles. The molecule has 20 heavy (non-hydrogen) atoms. The highest BCUT2D eigenvalue weighted by molar-refractivity contribution is 6.07. The molecule has 0 spiro atoms. The van der Waals surface area contributed by atoms with E-state index in [1.807, 2.05) is 0 Å². The van der Waals surface area contributed by atoms with E-state index >= 15 is 0 Å². The fraction of sp³-hybridized carbons (Fsp3) is 0.467. The molecule has 5 nitrogen and oxygen atoms in total. The summed E-state index contributed by atoms with van der Waals surface area (Å²) in [4.78, 5) is 23.9. The summed E-state index contributed by atoms with van der Waals surface area (Å²) in [5.41, 5.74) is 0.181. The van der Waals surface area contributed by atoms with Crippen molar-refractivity contribution < 1.29 is 19.1 Å². The topological polar surface area (TPSA) is 64.6 Å². The second-order valence-electron chi connectivity index (χ2n) is 5.48. The third-order valence-corrected chi connectivity index (χ3v) is 2.83. The van der Waals surface area contributed by atoms with Crippen LogP contribution < -0.4 is 14.8 Å². The summed E-state index contributed by atoms with van der Waals surface area (Å²) in [5, 5.41) is 2.76. The number of nitrogens with one attached hydrogen (secondary N) is 1. The van der Waals surface area contributed by atoms with Crippen molar-refractivity contribution in [2.75, 3.05) is 19.5 Å². The highest BCUT2D eigenvalue weighted by Gasteiger charge is 2.25. The third-order valence-electron chi connectivity index (χ3n) is 2.83. The zero-order valence-electron chi connectivity index (χ0n) is 12.8. The zero-order valence-corrected chi connectivity index (χ0v) is 12.8. The zero-order chi connectivity index (χ0) is 15.5. The van der Waals surface area contributed by atoms with Crippen LogP contribution in [0.2, 0.25) is 0 Å². The number of methoxy groups -OCH3 is 2. The Morgan fingerprint density at radius 2 is 1.70 bits per heavy atom. The average molecular weight is 279 g/mol. The van der Waals surface area contributed by atoms with Gasteiger partial charge >= 0.3 is 0 Å². The minimum absolute atomic E-state index is 0.174. The van der Waals surface area contributed by atoms with E-state index in [1.54, 1.807) is 32.9 Å². The fourth-order valence-electron chi connectivity index (χ4n) is 1.69. The molecule has 0 fully saturated rings. The minimum Gasteiger partial charge on any atom is -0.493 e. The van der Waals surface area contributed by atoms with Gasteiger partial charge in [0.2, 0.25) is 5.91 Å². The fourth-order valence-corrected chi connectivity index (χ4v) is 1.69. The van der Waals surface area contributed by atoms with E-state index in [9.17, 15) is 9.59 Å². The monoisotopic (exact) mass is 279 g/mol. The van der Waals surface area contributed by atoms with Crippen LogP contribution in [0.25, 0.3) is 0 Å². The predicted octanol–water partition coefficient (Wildman–Crippen LogP) is 2.89. The van der Waals surface area contributed by atoms with E-state index in [0.29, 0.717) is 22.7 Å². The highest BCUT2D eigenvalue weighted by atomic mass is 16.5. The van der Waals surface area contributed by atoms with Crippen molar-refractivity contribution in [3.8, 4) is 11.5 Å². The first kappa shape index (κ1) is 16.0. The van der Waals surface area contributed by atoms with Crippen molar-refractivity contribution in [2.24, 2.45) is 5.41 Å².